The first-order valence-electron chi connectivity index (χ1n) is 8.63. The van der Waals surface area contributed by atoms with E-state index in [4.69, 9.17) is 4.74 Å². The van der Waals surface area contributed by atoms with Gasteiger partial charge in [0, 0.05) is 18.1 Å². The minimum absolute atomic E-state index is 0.0785. The Hall–Kier alpha value is -3.82. The number of benzene rings is 2. The number of carbonyl (C=O) groups excluding carboxylic acids is 1. The molecule has 0 fully saturated rings. The van der Waals surface area contributed by atoms with Gasteiger partial charge in [0.15, 0.2) is 0 Å². The van der Waals surface area contributed by atoms with Gasteiger partial charge in [-0.2, -0.15) is 13.2 Å². The van der Waals surface area contributed by atoms with Gasteiger partial charge in [-0.25, -0.2) is 0 Å². The zero-order valence-corrected chi connectivity index (χ0v) is 15.6. The van der Waals surface area contributed by atoms with Crippen molar-refractivity contribution >= 4 is 11.6 Å². The van der Waals surface area contributed by atoms with Gasteiger partial charge in [0.25, 0.3) is 0 Å². The molecule has 0 spiro atoms. The van der Waals surface area contributed by atoms with Crippen LogP contribution in [0.4, 0.5) is 18.9 Å². The zero-order valence-electron chi connectivity index (χ0n) is 15.6. The number of alkyl halides is 3. The fraction of sp³-hybridized carbons (Fsp3) is 0.150. The number of anilines is 1. The summed E-state index contributed by atoms with van der Waals surface area (Å²) in [6.07, 6.45) is -2.01. The quantitative estimate of drug-likeness (QED) is 0.645. The highest BCUT2D eigenvalue weighted by Gasteiger charge is 2.30. The highest BCUT2D eigenvalue weighted by Crippen LogP contribution is 2.30. The average Bonchev–Trinajstić information content (AvgIpc) is 2.71. The van der Waals surface area contributed by atoms with Gasteiger partial charge < -0.3 is 10.1 Å². The molecule has 0 aliphatic rings. The van der Waals surface area contributed by atoms with Crippen LogP contribution in [0, 0.1) is 0 Å². The fourth-order valence-electron chi connectivity index (χ4n) is 2.78. The van der Waals surface area contributed by atoms with Gasteiger partial charge in [-0.15, -0.1) is 0 Å². The van der Waals surface area contributed by atoms with Gasteiger partial charge >= 0.3 is 17.3 Å². The van der Waals surface area contributed by atoms with Crippen molar-refractivity contribution in [1.82, 2.24) is 9.13 Å². The Kier molecular flexibility index (Phi) is 5.77. The van der Waals surface area contributed by atoms with Crippen LogP contribution in [-0.2, 0) is 17.5 Å². The fourth-order valence-corrected chi connectivity index (χ4v) is 2.78. The molecule has 7 nitrogen and oxygen atoms in total. The smallest absolute Gasteiger partial charge is 0.416 e. The summed E-state index contributed by atoms with van der Waals surface area (Å²) < 4.78 is 45.5. The highest BCUT2D eigenvalue weighted by atomic mass is 19.4. The molecular formula is C20H16F3N3O4. The third-order valence-electron chi connectivity index (χ3n) is 4.19. The Morgan fingerprint density at radius 1 is 1.03 bits per heavy atom. The minimum Gasteiger partial charge on any atom is -0.495 e. The summed E-state index contributed by atoms with van der Waals surface area (Å²) in [6, 6.07) is 10.7. The molecule has 10 heteroatoms. The Morgan fingerprint density at radius 2 is 1.77 bits per heavy atom. The molecule has 30 heavy (non-hydrogen) atoms. The lowest BCUT2D eigenvalue weighted by Crippen LogP contribution is -2.41. The van der Waals surface area contributed by atoms with Crippen molar-refractivity contribution in [2.75, 3.05) is 12.4 Å². The predicted octanol–water partition coefficient (Wildman–Crippen LogP) is 2.67. The van der Waals surface area contributed by atoms with Gasteiger partial charge in [-0.05, 0) is 30.3 Å². The van der Waals surface area contributed by atoms with Crippen LogP contribution in [-0.4, -0.2) is 22.2 Å². The van der Waals surface area contributed by atoms with Gasteiger partial charge in [-0.1, -0.05) is 18.2 Å². The van der Waals surface area contributed by atoms with Crippen LogP contribution in [0.25, 0.3) is 5.69 Å². The molecule has 3 rings (SSSR count). The van der Waals surface area contributed by atoms with Crippen LogP contribution in [0.1, 0.15) is 5.56 Å². The normalized spacial score (nSPS) is 11.2. The number of rotatable bonds is 5. The molecule has 0 atom stereocenters. The third kappa shape index (κ3) is 4.43. The van der Waals surface area contributed by atoms with E-state index in [0.717, 1.165) is 27.3 Å². The molecule has 1 amide bonds. The molecule has 1 N–H and O–H groups in total. The summed E-state index contributed by atoms with van der Waals surface area (Å²) in [7, 11) is 1.42. The maximum atomic E-state index is 12.8. The van der Waals surface area contributed by atoms with Gasteiger partial charge in [-0.3, -0.25) is 23.5 Å². The first-order valence-corrected chi connectivity index (χ1v) is 8.63. The van der Waals surface area contributed by atoms with Crippen molar-refractivity contribution in [2.45, 2.75) is 12.7 Å². The number of nitrogens with zero attached hydrogens (tertiary/aromatic N) is 2. The van der Waals surface area contributed by atoms with E-state index in [1.807, 2.05) is 0 Å². The lowest BCUT2D eigenvalue weighted by atomic mass is 10.2. The molecule has 0 aliphatic heterocycles. The van der Waals surface area contributed by atoms with Gasteiger partial charge in [0.2, 0.25) is 5.91 Å². The summed E-state index contributed by atoms with van der Waals surface area (Å²) in [6.45, 7) is -0.545. The molecule has 1 heterocycles. The van der Waals surface area contributed by atoms with Crippen LogP contribution in [0.15, 0.2) is 70.5 Å². The molecule has 3 aromatic rings. The van der Waals surface area contributed by atoms with Crippen molar-refractivity contribution in [3.8, 4) is 11.4 Å². The summed E-state index contributed by atoms with van der Waals surface area (Å²) >= 11 is 0. The van der Waals surface area contributed by atoms with Crippen molar-refractivity contribution < 1.29 is 22.7 Å². The lowest BCUT2D eigenvalue weighted by molar-refractivity contribution is -0.137. The van der Waals surface area contributed by atoms with E-state index in [9.17, 15) is 27.6 Å². The maximum absolute atomic E-state index is 12.8. The van der Waals surface area contributed by atoms with E-state index in [0.29, 0.717) is 11.4 Å². The van der Waals surface area contributed by atoms with Crippen molar-refractivity contribution in [3.63, 3.8) is 0 Å². The topological polar surface area (TPSA) is 82.3 Å². The molecule has 0 bridgehead atoms. The number of carbonyl (C=O) groups is 1. The predicted molar refractivity (Wildman–Crippen MR) is 103 cm³/mol. The molecule has 156 valence electrons. The van der Waals surface area contributed by atoms with E-state index >= 15 is 0 Å². The molecule has 0 aliphatic carbocycles. The molecular weight excluding hydrogens is 403 g/mol. The van der Waals surface area contributed by atoms with Crippen LogP contribution in [0.2, 0.25) is 0 Å². The van der Waals surface area contributed by atoms with E-state index in [1.165, 1.54) is 25.6 Å². The Morgan fingerprint density at radius 3 is 2.47 bits per heavy atom. The number of ether oxygens (including phenoxy) is 1. The van der Waals surface area contributed by atoms with E-state index < -0.39 is 35.3 Å². The summed E-state index contributed by atoms with van der Waals surface area (Å²) in [5.74, 6) is -0.384. The van der Waals surface area contributed by atoms with Gasteiger partial charge in [0.1, 0.15) is 12.3 Å². The number of para-hydroxylation sites is 2. The standard InChI is InChI=1S/C20H16F3N3O4/c1-30-16-8-3-2-7-15(16)26-10-9-25(18(28)19(26)29)12-17(27)24-14-6-4-5-13(11-14)20(21,22)23/h2-11H,12H2,1H3,(H,24,27). The monoisotopic (exact) mass is 419 g/mol. The zero-order chi connectivity index (χ0) is 21.9. The molecule has 0 saturated heterocycles. The number of halogens is 3. The Balaban J connectivity index is 1.83. The van der Waals surface area contributed by atoms with Crippen LogP contribution < -0.4 is 21.2 Å². The van der Waals surface area contributed by atoms with Crippen LogP contribution >= 0.6 is 0 Å². The summed E-state index contributed by atoms with van der Waals surface area (Å²) in [4.78, 5) is 37.0. The molecule has 0 radical (unpaired) electrons. The maximum Gasteiger partial charge on any atom is 0.416 e. The van der Waals surface area contributed by atoms with E-state index in [2.05, 4.69) is 5.32 Å². The SMILES string of the molecule is COc1ccccc1-n1ccn(CC(=O)Nc2cccc(C(F)(F)F)c2)c(=O)c1=O. The van der Waals surface area contributed by atoms with Crippen LogP contribution in [0.5, 0.6) is 5.75 Å². The van der Waals surface area contributed by atoms with Gasteiger partial charge in [0.05, 0.1) is 18.4 Å². The van der Waals surface area contributed by atoms with E-state index in [-0.39, 0.29) is 5.69 Å². The minimum atomic E-state index is -4.55. The molecule has 0 unspecified atom stereocenters. The van der Waals surface area contributed by atoms with Crippen LogP contribution in [0.3, 0.4) is 0 Å². The summed E-state index contributed by atoms with van der Waals surface area (Å²) in [5, 5.41) is 2.29. The molecule has 2 aromatic carbocycles. The second kappa shape index (κ2) is 8.27. The number of hydrogen-bond acceptors (Lipinski definition) is 4. The number of aromatic nitrogens is 2. The number of methoxy groups -OCH3 is 1. The number of amides is 1. The van der Waals surface area contributed by atoms with E-state index in [1.54, 1.807) is 24.3 Å². The largest absolute Gasteiger partial charge is 0.495 e. The van der Waals surface area contributed by atoms with Crippen molar-refractivity contribution in [1.29, 1.82) is 0 Å². The highest BCUT2D eigenvalue weighted by molar-refractivity contribution is 5.90. The first-order chi connectivity index (χ1) is 14.2. The Labute approximate surface area is 168 Å². The second-order valence-electron chi connectivity index (χ2n) is 6.20. The van der Waals surface area contributed by atoms with Crippen molar-refractivity contribution in [3.05, 3.63) is 87.2 Å². The molecule has 1 aromatic heterocycles. The summed E-state index contributed by atoms with van der Waals surface area (Å²) in [5.41, 5.74) is -2.53. The number of hydrogen-bond donors (Lipinski definition) is 1. The Bertz CT molecular complexity index is 1200. The number of nitrogens with one attached hydrogen (secondary N) is 1. The average molecular weight is 419 g/mol. The van der Waals surface area contributed by atoms with Crippen molar-refractivity contribution in [2.24, 2.45) is 0 Å². The molecule has 0 saturated carbocycles. The second-order valence-corrected chi connectivity index (χ2v) is 6.20. The lowest BCUT2D eigenvalue weighted by Gasteiger charge is -2.12. The third-order valence-corrected chi connectivity index (χ3v) is 4.19. The first kappa shape index (κ1) is 20.9.